The van der Waals surface area contributed by atoms with Gasteiger partial charge in [-0.15, -0.1) is 0 Å². The fraction of sp³-hybridized carbons (Fsp3) is 0.872. The number of carbonyl (C=O) groups excluding carboxylic acids is 2. The smallest absolute Gasteiger partial charge is 0.209 e. The Kier molecular flexibility index (Phi) is 43.1. The topological polar surface area (TPSA) is 94.8 Å². The molecule has 0 heterocycles. The molecule has 52 heavy (non-hydrogen) atoms. The molecule has 0 aromatic heterocycles. The lowest BCUT2D eigenvalue weighted by Gasteiger charge is -2.29. The van der Waals surface area contributed by atoms with Crippen LogP contribution in [-0.4, -0.2) is 45.2 Å². The molecule has 0 aromatic rings. The summed E-state index contributed by atoms with van der Waals surface area (Å²) in [5.41, 5.74) is -2.49. The van der Waals surface area contributed by atoms with Crippen molar-refractivity contribution in [3.63, 3.8) is 0 Å². The molecule has 0 rings (SSSR count). The maximum Gasteiger partial charge on any atom is 0.209 e. The summed E-state index contributed by atoms with van der Waals surface area (Å²) in [6.07, 6.45) is 45.8. The molecule has 5 nitrogen and oxygen atoms in total. The number of unbranched alkanes of at least 4 members (excludes halogenated alkanes) is 27. The molecule has 0 spiro atoms. The summed E-state index contributed by atoms with van der Waals surface area (Å²) in [4.78, 5) is 25.7. The third-order valence-corrected chi connectivity index (χ3v) is 10.3. The second-order valence-electron chi connectivity index (χ2n) is 15.4. The summed E-state index contributed by atoms with van der Waals surface area (Å²) in [6.45, 7) is 8.19. The van der Waals surface area contributed by atoms with Crippen LogP contribution in [0.5, 0.6) is 0 Å². The van der Waals surface area contributed by atoms with E-state index in [1.54, 1.807) is 0 Å². The first-order chi connectivity index (χ1) is 25.4. The minimum absolute atomic E-state index is 0.0455. The molecular weight excluding hydrogens is 645 g/mol. The minimum Gasteiger partial charge on any atom is -0.394 e. The number of hydrogen-bond acceptors (Lipinski definition) is 5. The first-order valence-electron chi connectivity index (χ1n) is 22.7. The highest BCUT2D eigenvalue weighted by Gasteiger charge is 2.48. The summed E-state index contributed by atoms with van der Waals surface area (Å²) in [5.74, 6) is -1.32. The fourth-order valence-corrected chi connectivity index (χ4v) is 6.61. The first kappa shape index (κ1) is 52.8. The van der Waals surface area contributed by atoms with Gasteiger partial charge in [-0.05, 0) is 64.2 Å². The number of aliphatic hydroxyl groups is 3. The fourth-order valence-electron chi connectivity index (χ4n) is 6.61. The molecule has 0 radical (unpaired) electrons. The number of ketones is 2. The van der Waals surface area contributed by atoms with Crippen LogP contribution in [0.4, 0.5) is 0 Å². The van der Waals surface area contributed by atoms with Crippen LogP contribution < -0.4 is 0 Å². The molecule has 0 saturated heterocycles. The lowest BCUT2D eigenvalue weighted by molar-refractivity contribution is -0.166. The molecule has 5 heteroatoms. The van der Waals surface area contributed by atoms with Crippen LogP contribution in [0.15, 0.2) is 24.3 Å². The Morgan fingerprint density at radius 1 is 0.423 bits per heavy atom. The molecule has 0 aliphatic carbocycles. The van der Waals surface area contributed by atoms with Gasteiger partial charge in [0, 0.05) is 12.8 Å². The predicted octanol–water partition coefficient (Wildman–Crippen LogP) is 13.7. The maximum atomic E-state index is 12.8. The lowest BCUT2D eigenvalue weighted by Crippen LogP contribution is -2.57. The quantitative estimate of drug-likeness (QED) is 0.0332. The van der Waals surface area contributed by atoms with E-state index >= 15 is 0 Å². The van der Waals surface area contributed by atoms with E-state index in [4.69, 9.17) is 0 Å². The number of carbonyl (C=O) groups is 2. The second kappa shape index (κ2) is 42.4. The SMILES string of the molecule is CCCCCCCC.CCCCCCCC/C=C\CCCCCCCC(=O)C(O)(C(=O)CCCCCCC/C=C\CCCCCCCC)C(O)CO. The molecule has 0 amide bonds. The molecule has 1 unspecified atom stereocenters. The van der Waals surface area contributed by atoms with Crippen molar-refractivity contribution in [1.29, 1.82) is 0 Å². The van der Waals surface area contributed by atoms with Crippen LogP contribution in [-0.2, 0) is 9.59 Å². The van der Waals surface area contributed by atoms with Crippen LogP contribution in [0, 0.1) is 0 Å². The van der Waals surface area contributed by atoms with E-state index < -0.39 is 29.9 Å². The van der Waals surface area contributed by atoms with Crippen molar-refractivity contribution < 1.29 is 24.9 Å². The van der Waals surface area contributed by atoms with E-state index in [2.05, 4.69) is 52.0 Å². The Balaban J connectivity index is 0. The Bertz CT molecular complexity index is 746. The molecule has 0 bridgehead atoms. The van der Waals surface area contributed by atoms with Crippen LogP contribution in [0.1, 0.15) is 246 Å². The third-order valence-electron chi connectivity index (χ3n) is 10.3. The summed E-state index contributed by atoms with van der Waals surface area (Å²) in [5, 5.41) is 30.6. The zero-order valence-corrected chi connectivity index (χ0v) is 35.3. The van der Waals surface area contributed by atoms with Gasteiger partial charge in [0.1, 0.15) is 6.10 Å². The van der Waals surface area contributed by atoms with Gasteiger partial charge in [0.25, 0.3) is 0 Å². The van der Waals surface area contributed by atoms with Crippen LogP contribution in [0.2, 0.25) is 0 Å². The van der Waals surface area contributed by atoms with Gasteiger partial charge in [0.15, 0.2) is 11.6 Å². The lowest BCUT2D eigenvalue weighted by atomic mass is 9.82. The van der Waals surface area contributed by atoms with Crippen molar-refractivity contribution in [3.05, 3.63) is 24.3 Å². The highest BCUT2D eigenvalue weighted by molar-refractivity contribution is 6.10. The Morgan fingerprint density at radius 3 is 0.904 bits per heavy atom. The number of Topliss-reactive ketones (excluding diaryl/α,β-unsaturated/α-hetero) is 2. The van der Waals surface area contributed by atoms with Crippen LogP contribution in [0.25, 0.3) is 0 Å². The van der Waals surface area contributed by atoms with E-state index in [0.717, 1.165) is 64.2 Å². The van der Waals surface area contributed by atoms with Crippen molar-refractivity contribution >= 4 is 11.6 Å². The third kappa shape index (κ3) is 33.3. The number of rotatable bonds is 39. The standard InChI is InChI=1S/C39H72O5.C8H18/c1-3-5-7-9-11-13-15-17-19-21-23-25-27-29-31-33-36(41)39(44,38(43)35-40)37(42)34-32-30-28-26-24-22-20-18-16-14-12-10-8-6-4-2;1-3-5-7-8-6-4-2/h17-20,38,40,43-44H,3-16,21-35H2,1-2H3;3-8H2,1-2H3/b19-17-,20-18-;. The maximum absolute atomic E-state index is 12.8. The highest BCUT2D eigenvalue weighted by atomic mass is 16.4. The number of allylic oxidation sites excluding steroid dienone is 4. The minimum atomic E-state index is -2.49. The van der Waals surface area contributed by atoms with Crippen LogP contribution in [0.3, 0.4) is 0 Å². The van der Waals surface area contributed by atoms with Gasteiger partial charge < -0.3 is 15.3 Å². The Labute approximate surface area is 324 Å². The highest BCUT2D eigenvalue weighted by Crippen LogP contribution is 2.22. The molecule has 0 saturated carbocycles. The van der Waals surface area contributed by atoms with Crippen molar-refractivity contribution in [3.8, 4) is 0 Å². The average molecular weight is 735 g/mol. The van der Waals surface area contributed by atoms with E-state index in [1.807, 2.05) is 0 Å². The number of hydrogen-bond donors (Lipinski definition) is 3. The van der Waals surface area contributed by atoms with E-state index in [1.165, 1.54) is 128 Å². The summed E-state index contributed by atoms with van der Waals surface area (Å²) in [6, 6.07) is 0. The Hall–Kier alpha value is -1.30. The zero-order chi connectivity index (χ0) is 38.8. The van der Waals surface area contributed by atoms with Crippen LogP contribution >= 0.6 is 0 Å². The van der Waals surface area contributed by atoms with Gasteiger partial charge in [-0.25, -0.2) is 0 Å². The van der Waals surface area contributed by atoms with Gasteiger partial charge >= 0.3 is 0 Å². The molecule has 0 aliphatic rings. The summed E-state index contributed by atoms with van der Waals surface area (Å²) in [7, 11) is 0. The van der Waals surface area contributed by atoms with Crippen molar-refractivity contribution in [1.82, 2.24) is 0 Å². The van der Waals surface area contributed by atoms with Crippen molar-refractivity contribution in [2.45, 2.75) is 258 Å². The summed E-state index contributed by atoms with van der Waals surface area (Å²) < 4.78 is 0. The molecule has 308 valence electrons. The normalized spacial score (nSPS) is 12.4. The molecule has 0 fully saturated rings. The van der Waals surface area contributed by atoms with Crippen molar-refractivity contribution in [2.24, 2.45) is 0 Å². The van der Waals surface area contributed by atoms with Gasteiger partial charge in [-0.1, -0.05) is 193 Å². The van der Waals surface area contributed by atoms with Crippen molar-refractivity contribution in [2.75, 3.05) is 6.61 Å². The number of aliphatic hydroxyl groups excluding tert-OH is 2. The van der Waals surface area contributed by atoms with Gasteiger partial charge in [0.05, 0.1) is 6.61 Å². The molecule has 0 aliphatic heterocycles. The molecule has 0 aromatic carbocycles. The second-order valence-corrected chi connectivity index (χ2v) is 15.4. The van der Waals surface area contributed by atoms with E-state index in [-0.39, 0.29) is 12.8 Å². The molecular formula is C47H90O5. The molecule has 3 N–H and O–H groups in total. The van der Waals surface area contributed by atoms with E-state index in [9.17, 15) is 24.9 Å². The molecule has 1 atom stereocenters. The zero-order valence-electron chi connectivity index (χ0n) is 35.3. The monoisotopic (exact) mass is 735 g/mol. The average Bonchev–Trinajstić information content (AvgIpc) is 3.15. The predicted molar refractivity (Wildman–Crippen MR) is 226 cm³/mol. The largest absolute Gasteiger partial charge is 0.394 e. The van der Waals surface area contributed by atoms with E-state index in [0.29, 0.717) is 12.8 Å². The Morgan fingerprint density at radius 2 is 0.654 bits per heavy atom. The summed E-state index contributed by atoms with van der Waals surface area (Å²) >= 11 is 0. The van der Waals surface area contributed by atoms with Gasteiger partial charge in [-0.3, -0.25) is 9.59 Å². The first-order valence-corrected chi connectivity index (χ1v) is 22.7. The van der Waals surface area contributed by atoms with Gasteiger partial charge in [-0.2, -0.15) is 0 Å². The van der Waals surface area contributed by atoms with Gasteiger partial charge in [0.2, 0.25) is 5.60 Å².